The topological polar surface area (TPSA) is 46.5 Å². The minimum atomic E-state index is -1.12. The van der Waals surface area contributed by atoms with Crippen LogP contribution in [-0.2, 0) is 9.53 Å². The molecule has 0 aliphatic rings. The number of ether oxygens (including phenoxy) is 1. The van der Waals surface area contributed by atoms with Crippen molar-refractivity contribution in [3.63, 3.8) is 0 Å². The Morgan fingerprint density at radius 1 is 1.50 bits per heavy atom. The molecule has 0 spiro atoms. The fourth-order valence-electron chi connectivity index (χ4n) is 0.578. The Hall–Kier alpha value is -0.353. The van der Waals surface area contributed by atoms with E-state index < -0.39 is 20.1 Å². The van der Waals surface area contributed by atoms with Gasteiger partial charge in [0.25, 0.3) is 0 Å². The van der Waals surface area contributed by atoms with Crippen LogP contribution >= 0.6 is 0 Å². The van der Waals surface area contributed by atoms with E-state index in [1.807, 2.05) is 0 Å². The fourth-order valence-corrected chi connectivity index (χ4v) is 1.29. The van der Waals surface area contributed by atoms with E-state index in [-0.39, 0.29) is 0 Å². The summed E-state index contributed by atoms with van der Waals surface area (Å²) >= 11 is 0. The largest absolute Gasteiger partial charge is 0.464 e. The summed E-state index contributed by atoms with van der Waals surface area (Å²) in [5, 5.41) is 8.79. The van der Waals surface area contributed by atoms with Crippen LogP contribution in [-0.4, -0.2) is 31.9 Å². The summed E-state index contributed by atoms with van der Waals surface area (Å²) in [6.07, 6.45) is -0.994. The lowest BCUT2D eigenvalue weighted by Gasteiger charge is -2.15. The number of esters is 1. The maximum atomic E-state index is 10.8. The predicted octanol–water partition coefficient (Wildman–Crippen LogP) is 1.25. The number of aliphatic hydroxyl groups is 1. The van der Waals surface area contributed by atoms with Gasteiger partial charge in [0, 0.05) is 8.07 Å². The molecule has 0 amide bonds. The highest BCUT2D eigenvalue weighted by Gasteiger charge is 2.15. The van der Waals surface area contributed by atoms with Crippen molar-refractivity contribution in [3.8, 4) is 0 Å². The molecule has 0 saturated heterocycles. The zero-order valence-electron chi connectivity index (χ0n) is 8.26. The van der Waals surface area contributed by atoms with Crippen molar-refractivity contribution >= 4 is 14.0 Å². The van der Waals surface area contributed by atoms with Crippen LogP contribution in [0.4, 0.5) is 0 Å². The highest BCUT2D eigenvalue weighted by Crippen LogP contribution is 2.07. The van der Waals surface area contributed by atoms with Crippen LogP contribution in [0, 0.1) is 0 Å². The number of hydrogen-bond donors (Lipinski definition) is 1. The van der Waals surface area contributed by atoms with Crippen molar-refractivity contribution in [3.05, 3.63) is 0 Å². The van der Waals surface area contributed by atoms with E-state index in [4.69, 9.17) is 9.84 Å². The molecule has 1 N–H and O–H groups in total. The zero-order valence-corrected chi connectivity index (χ0v) is 9.26. The van der Waals surface area contributed by atoms with Gasteiger partial charge in [0.1, 0.15) is 6.10 Å². The van der Waals surface area contributed by atoms with Crippen LogP contribution in [0.25, 0.3) is 0 Å². The van der Waals surface area contributed by atoms with Crippen molar-refractivity contribution in [1.29, 1.82) is 0 Å². The van der Waals surface area contributed by atoms with Gasteiger partial charge in [-0.05, 0) is 13.0 Å². The second-order valence-electron chi connectivity index (χ2n) is 4.15. The van der Waals surface area contributed by atoms with Gasteiger partial charge in [-0.1, -0.05) is 19.6 Å². The molecule has 0 unspecified atom stereocenters. The molecule has 0 aliphatic carbocycles. The van der Waals surface area contributed by atoms with Crippen molar-refractivity contribution in [2.75, 3.05) is 6.61 Å². The van der Waals surface area contributed by atoms with Gasteiger partial charge in [0.2, 0.25) is 0 Å². The number of rotatable bonds is 4. The van der Waals surface area contributed by atoms with E-state index in [0.717, 1.165) is 6.04 Å². The molecule has 0 aromatic carbocycles. The van der Waals surface area contributed by atoms with Gasteiger partial charge >= 0.3 is 5.97 Å². The van der Waals surface area contributed by atoms with Crippen molar-refractivity contribution < 1.29 is 14.6 Å². The number of carbonyl (C=O) groups is 1. The van der Waals surface area contributed by atoms with E-state index in [2.05, 4.69) is 19.6 Å². The molecular weight excluding hydrogens is 172 g/mol. The molecule has 1 atom stereocenters. The second-order valence-corrected chi connectivity index (χ2v) is 9.78. The van der Waals surface area contributed by atoms with E-state index in [9.17, 15) is 4.79 Å². The van der Waals surface area contributed by atoms with Crippen molar-refractivity contribution in [1.82, 2.24) is 0 Å². The van der Waals surface area contributed by atoms with E-state index in [0.29, 0.717) is 6.61 Å². The lowest BCUT2D eigenvalue weighted by Crippen LogP contribution is -2.25. The van der Waals surface area contributed by atoms with Crippen LogP contribution in [0.5, 0.6) is 0 Å². The van der Waals surface area contributed by atoms with E-state index in [1.165, 1.54) is 6.92 Å². The Kier molecular flexibility index (Phi) is 4.48. The van der Waals surface area contributed by atoms with Crippen LogP contribution in [0.1, 0.15) is 6.92 Å². The Morgan fingerprint density at radius 3 is 2.33 bits per heavy atom. The van der Waals surface area contributed by atoms with Gasteiger partial charge in [-0.25, -0.2) is 4.79 Å². The standard InChI is InChI=1S/C8H18O3Si/c1-7(9)8(10)11-5-6-12(2,3)4/h7,9H,5-6H2,1-4H3/t7-/m1/s1. The SMILES string of the molecule is C[C@@H](O)C(=O)OCC[Si](C)(C)C. The molecule has 0 heterocycles. The first kappa shape index (κ1) is 11.6. The second kappa shape index (κ2) is 4.62. The van der Waals surface area contributed by atoms with Gasteiger partial charge in [-0.15, -0.1) is 0 Å². The molecule has 0 fully saturated rings. The summed E-state index contributed by atoms with van der Waals surface area (Å²) in [6, 6.07) is 0.950. The van der Waals surface area contributed by atoms with Crippen LogP contribution < -0.4 is 0 Å². The molecule has 0 aliphatic heterocycles. The maximum Gasteiger partial charge on any atom is 0.334 e. The monoisotopic (exact) mass is 190 g/mol. The number of hydrogen-bond acceptors (Lipinski definition) is 3. The molecule has 0 bridgehead atoms. The normalized spacial score (nSPS) is 14.1. The van der Waals surface area contributed by atoms with E-state index >= 15 is 0 Å². The first-order chi connectivity index (χ1) is 5.33. The van der Waals surface area contributed by atoms with Crippen LogP contribution in [0.3, 0.4) is 0 Å². The predicted molar refractivity (Wildman–Crippen MR) is 50.8 cm³/mol. The summed E-state index contributed by atoms with van der Waals surface area (Å²) < 4.78 is 4.83. The van der Waals surface area contributed by atoms with Gasteiger partial charge < -0.3 is 9.84 Å². The Morgan fingerprint density at radius 2 is 2.00 bits per heavy atom. The van der Waals surface area contributed by atoms with Crippen LogP contribution in [0.15, 0.2) is 0 Å². The highest BCUT2D eigenvalue weighted by molar-refractivity contribution is 6.76. The van der Waals surface area contributed by atoms with Gasteiger partial charge in [0.15, 0.2) is 0 Å². The molecule has 12 heavy (non-hydrogen) atoms. The third-order valence-corrected chi connectivity index (χ3v) is 3.14. The van der Waals surface area contributed by atoms with Crippen molar-refractivity contribution in [2.24, 2.45) is 0 Å². The lowest BCUT2D eigenvalue weighted by molar-refractivity contribution is -0.151. The van der Waals surface area contributed by atoms with Crippen molar-refractivity contribution in [2.45, 2.75) is 38.7 Å². The average molecular weight is 190 g/mol. The summed E-state index contributed by atoms with van der Waals surface area (Å²) in [5.74, 6) is -0.520. The zero-order chi connectivity index (χ0) is 9.78. The molecule has 0 aromatic rings. The highest BCUT2D eigenvalue weighted by atomic mass is 28.3. The fraction of sp³-hybridized carbons (Fsp3) is 0.875. The third kappa shape index (κ3) is 6.36. The summed E-state index contributed by atoms with van der Waals surface area (Å²) in [5.41, 5.74) is 0. The van der Waals surface area contributed by atoms with Gasteiger partial charge in [0.05, 0.1) is 6.61 Å². The van der Waals surface area contributed by atoms with Crippen LogP contribution in [0.2, 0.25) is 25.7 Å². The molecule has 3 nitrogen and oxygen atoms in total. The first-order valence-electron chi connectivity index (χ1n) is 4.17. The molecule has 0 radical (unpaired) electrons. The summed E-state index contributed by atoms with van der Waals surface area (Å²) in [4.78, 5) is 10.8. The maximum absolute atomic E-state index is 10.8. The number of aliphatic hydroxyl groups excluding tert-OH is 1. The third-order valence-electron chi connectivity index (χ3n) is 1.44. The Bertz CT molecular complexity index is 149. The summed E-state index contributed by atoms with van der Waals surface area (Å²) in [7, 11) is -1.12. The molecular formula is C8H18O3Si. The van der Waals surface area contributed by atoms with E-state index in [1.54, 1.807) is 0 Å². The van der Waals surface area contributed by atoms with Gasteiger partial charge in [-0.2, -0.15) is 0 Å². The quantitative estimate of drug-likeness (QED) is 0.536. The average Bonchev–Trinajstić information content (AvgIpc) is 1.84. The minimum Gasteiger partial charge on any atom is -0.464 e. The smallest absolute Gasteiger partial charge is 0.334 e. The lowest BCUT2D eigenvalue weighted by atomic mass is 10.4. The summed E-state index contributed by atoms with van der Waals surface area (Å²) in [6.45, 7) is 8.49. The minimum absolute atomic E-state index is 0.444. The Labute approximate surface area is 74.7 Å². The molecule has 4 heteroatoms. The Balaban J connectivity index is 3.51. The molecule has 0 aromatic heterocycles. The first-order valence-corrected chi connectivity index (χ1v) is 7.88. The molecule has 72 valence electrons. The molecule has 0 saturated carbocycles. The van der Waals surface area contributed by atoms with Gasteiger partial charge in [-0.3, -0.25) is 0 Å². The number of carbonyl (C=O) groups excluding carboxylic acids is 1. The molecule has 0 rings (SSSR count).